The van der Waals surface area contributed by atoms with E-state index >= 15 is 0 Å². The van der Waals surface area contributed by atoms with Crippen LogP contribution < -0.4 is 15.4 Å². The van der Waals surface area contributed by atoms with Crippen LogP contribution in [0.1, 0.15) is 12.0 Å². The molecule has 0 heterocycles. The van der Waals surface area contributed by atoms with Crippen molar-refractivity contribution in [1.82, 2.24) is 5.32 Å². The zero-order chi connectivity index (χ0) is 18.7. The van der Waals surface area contributed by atoms with E-state index in [1.54, 1.807) is 0 Å². The average Bonchev–Trinajstić information content (AvgIpc) is 2.72. The molecule has 0 aromatic heterocycles. The highest BCUT2D eigenvalue weighted by molar-refractivity contribution is 5.80. The molecule has 0 aliphatic carbocycles. The van der Waals surface area contributed by atoms with Crippen molar-refractivity contribution < 1.29 is 9.53 Å². The first kappa shape index (κ1) is 18.5. The Kier molecular flexibility index (Phi) is 6.87. The lowest BCUT2D eigenvalue weighted by atomic mass is 10.1. The molecular formula is C23H24N2O2. The van der Waals surface area contributed by atoms with E-state index in [1.165, 1.54) is 5.56 Å². The van der Waals surface area contributed by atoms with Crippen molar-refractivity contribution in [2.24, 2.45) is 0 Å². The second-order valence-electron chi connectivity index (χ2n) is 6.23. The van der Waals surface area contributed by atoms with Gasteiger partial charge in [-0.1, -0.05) is 48.5 Å². The molecule has 3 aromatic carbocycles. The lowest BCUT2D eigenvalue weighted by molar-refractivity contribution is -0.119. The van der Waals surface area contributed by atoms with Gasteiger partial charge in [-0.05, 0) is 54.8 Å². The largest absolute Gasteiger partial charge is 0.457 e. The number of hydrogen-bond acceptors (Lipinski definition) is 3. The molecule has 2 N–H and O–H groups in total. The third-order valence-corrected chi connectivity index (χ3v) is 4.09. The summed E-state index contributed by atoms with van der Waals surface area (Å²) in [4.78, 5) is 11.9. The van der Waals surface area contributed by atoms with E-state index in [9.17, 15) is 4.79 Å². The predicted octanol–water partition coefficient (Wildman–Crippen LogP) is 4.64. The number of carbonyl (C=O) groups excluding carboxylic acids is 1. The molecule has 1 amide bonds. The number of para-hydroxylation sites is 1. The van der Waals surface area contributed by atoms with E-state index in [2.05, 4.69) is 22.8 Å². The van der Waals surface area contributed by atoms with E-state index in [-0.39, 0.29) is 12.5 Å². The van der Waals surface area contributed by atoms with Gasteiger partial charge in [0.05, 0.1) is 6.54 Å². The van der Waals surface area contributed by atoms with Crippen molar-refractivity contribution in [3.63, 3.8) is 0 Å². The molecule has 0 aliphatic heterocycles. The molecular weight excluding hydrogens is 336 g/mol. The summed E-state index contributed by atoms with van der Waals surface area (Å²) >= 11 is 0. The van der Waals surface area contributed by atoms with Crippen LogP contribution in [-0.2, 0) is 11.2 Å². The molecule has 0 fully saturated rings. The normalized spacial score (nSPS) is 10.2. The van der Waals surface area contributed by atoms with Gasteiger partial charge in [-0.25, -0.2) is 0 Å². The van der Waals surface area contributed by atoms with E-state index < -0.39 is 0 Å². The fraction of sp³-hybridized carbons (Fsp3) is 0.174. The Hall–Kier alpha value is -3.27. The Bertz CT molecular complexity index is 818. The fourth-order valence-corrected chi connectivity index (χ4v) is 2.68. The maximum Gasteiger partial charge on any atom is 0.239 e. The molecule has 0 atom stereocenters. The van der Waals surface area contributed by atoms with Gasteiger partial charge in [0.15, 0.2) is 0 Å². The quantitative estimate of drug-likeness (QED) is 0.547. The van der Waals surface area contributed by atoms with Gasteiger partial charge in [-0.15, -0.1) is 0 Å². The van der Waals surface area contributed by atoms with Crippen molar-refractivity contribution in [2.45, 2.75) is 12.8 Å². The van der Waals surface area contributed by atoms with Crippen molar-refractivity contribution in [1.29, 1.82) is 0 Å². The van der Waals surface area contributed by atoms with E-state index in [1.807, 2.05) is 72.8 Å². The van der Waals surface area contributed by atoms with Crippen molar-refractivity contribution >= 4 is 11.6 Å². The molecule has 4 heteroatoms. The van der Waals surface area contributed by atoms with E-state index in [4.69, 9.17) is 4.74 Å². The molecule has 0 unspecified atom stereocenters. The topological polar surface area (TPSA) is 50.4 Å². The smallest absolute Gasteiger partial charge is 0.239 e. The maximum atomic E-state index is 11.9. The molecule has 0 radical (unpaired) electrons. The number of hydrogen-bond donors (Lipinski definition) is 2. The van der Waals surface area contributed by atoms with Crippen LogP contribution in [-0.4, -0.2) is 19.0 Å². The van der Waals surface area contributed by atoms with Gasteiger partial charge >= 0.3 is 0 Å². The Morgan fingerprint density at radius 2 is 1.41 bits per heavy atom. The summed E-state index contributed by atoms with van der Waals surface area (Å²) in [6, 6.07) is 27.5. The summed E-state index contributed by atoms with van der Waals surface area (Å²) < 4.78 is 5.75. The number of nitrogens with one attached hydrogen (secondary N) is 2. The van der Waals surface area contributed by atoms with Gasteiger partial charge in [0.2, 0.25) is 5.91 Å². The van der Waals surface area contributed by atoms with Gasteiger partial charge < -0.3 is 15.4 Å². The Morgan fingerprint density at radius 1 is 0.778 bits per heavy atom. The molecule has 0 aliphatic rings. The molecule has 0 spiro atoms. The number of rotatable bonds is 9. The second kappa shape index (κ2) is 10.0. The van der Waals surface area contributed by atoms with Crippen LogP contribution in [0.15, 0.2) is 84.9 Å². The van der Waals surface area contributed by atoms with Crippen LogP contribution in [0.5, 0.6) is 11.5 Å². The highest BCUT2D eigenvalue weighted by Crippen LogP contribution is 2.22. The highest BCUT2D eigenvalue weighted by Gasteiger charge is 2.02. The fourth-order valence-electron chi connectivity index (χ4n) is 2.68. The Labute approximate surface area is 160 Å². The summed E-state index contributed by atoms with van der Waals surface area (Å²) in [6.45, 7) is 0.934. The van der Waals surface area contributed by atoms with Gasteiger partial charge in [0.1, 0.15) is 11.5 Å². The van der Waals surface area contributed by atoms with Gasteiger partial charge in [0, 0.05) is 12.2 Å². The van der Waals surface area contributed by atoms with Gasteiger partial charge in [-0.3, -0.25) is 4.79 Å². The first-order chi connectivity index (χ1) is 13.3. The molecule has 0 saturated heterocycles. The van der Waals surface area contributed by atoms with E-state index in [0.717, 1.165) is 30.0 Å². The third kappa shape index (κ3) is 6.51. The monoisotopic (exact) mass is 360 g/mol. The van der Waals surface area contributed by atoms with Crippen molar-refractivity contribution in [3.8, 4) is 11.5 Å². The first-order valence-electron chi connectivity index (χ1n) is 9.17. The van der Waals surface area contributed by atoms with Crippen LogP contribution in [0.3, 0.4) is 0 Å². The third-order valence-electron chi connectivity index (χ3n) is 4.09. The number of benzene rings is 3. The molecule has 3 rings (SSSR count). The molecule has 4 nitrogen and oxygen atoms in total. The Morgan fingerprint density at radius 3 is 2.11 bits per heavy atom. The minimum absolute atomic E-state index is 0.00678. The molecule has 3 aromatic rings. The summed E-state index contributed by atoms with van der Waals surface area (Å²) in [7, 11) is 0. The minimum Gasteiger partial charge on any atom is -0.457 e. The van der Waals surface area contributed by atoms with Crippen molar-refractivity contribution in [2.75, 3.05) is 18.4 Å². The zero-order valence-electron chi connectivity index (χ0n) is 15.2. The van der Waals surface area contributed by atoms with Crippen LogP contribution in [0.4, 0.5) is 5.69 Å². The van der Waals surface area contributed by atoms with Gasteiger partial charge in [0.25, 0.3) is 0 Å². The molecule has 138 valence electrons. The zero-order valence-corrected chi connectivity index (χ0v) is 15.2. The minimum atomic E-state index is -0.00678. The number of ether oxygens (including phenoxy) is 1. The molecule has 27 heavy (non-hydrogen) atoms. The highest BCUT2D eigenvalue weighted by atomic mass is 16.5. The number of amides is 1. The molecule has 0 saturated carbocycles. The van der Waals surface area contributed by atoms with Crippen LogP contribution >= 0.6 is 0 Å². The van der Waals surface area contributed by atoms with Crippen LogP contribution in [0, 0.1) is 0 Å². The lowest BCUT2D eigenvalue weighted by Crippen LogP contribution is -2.30. The van der Waals surface area contributed by atoms with Gasteiger partial charge in [-0.2, -0.15) is 0 Å². The first-order valence-corrected chi connectivity index (χ1v) is 9.17. The summed E-state index contributed by atoms with van der Waals surface area (Å²) in [6.07, 6.45) is 1.90. The predicted molar refractivity (Wildman–Crippen MR) is 109 cm³/mol. The van der Waals surface area contributed by atoms with Crippen LogP contribution in [0.2, 0.25) is 0 Å². The standard InChI is InChI=1S/C23H24N2O2/c26-23(24-17-7-10-19-8-3-1-4-9-19)18-25-20-13-15-22(16-14-20)27-21-11-5-2-6-12-21/h1-6,8-9,11-16,25H,7,10,17-18H2,(H,24,26). The molecule has 0 bridgehead atoms. The summed E-state index contributed by atoms with van der Waals surface area (Å²) in [5.41, 5.74) is 2.18. The number of anilines is 1. The summed E-state index contributed by atoms with van der Waals surface area (Å²) in [5, 5.41) is 6.07. The number of aryl methyl sites for hydroxylation is 1. The van der Waals surface area contributed by atoms with Crippen molar-refractivity contribution in [3.05, 3.63) is 90.5 Å². The van der Waals surface area contributed by atoms with Crippen LogP contribution in [0.25, 0.3) is 0 Å². The summed E-state index contributed by atoms with van der Waals surface area (Å²) in [5.74, 6) is 1.55. The Balaban J connectivity index is 1.35. The average molecular weight is 360 g/mol. The number of carbonyl (C=O) groups is 1. The SMILES string of the molecule is O=C(CNc1ccc(Oc2ccccc2)cc1)NCCCc1ccccc1. The lowest BCUT2D eigenvalue weighted by Gasteiger charge is -2.09. The second-order valence-corrected chi connectivity index (χ2v) is 6.23. The van der Waals surface area contributed by atoms with E-state index in [0.29, 0.717) is 6.54 Å². The maximum absolute atomic E-state index is 11.9.